The molecule has 0 aliphatic carbocycles. The number of hydrogen-bond donors (Lipinski definition) is 1. The topological polar surface area (TPSA) is 105 Å². The summed E-state index contributed by atoms with van der Waals surface area (Å²) >= 11 is 5.98. The molecule has 26 heavy (non-hydrogen) atoms. The minimum atomic E-state index is -1.13. The molecular formula is C16H18ClN3O6. The number of imide groups is 1. The normalized spacial score (nSPS) is 15.1. The number of rotatable bonds is 6. The molecular weight excluding hydrogens is 366 g/mol. The number of nitrogens with zero attached hydrogens (tertiary/aromatic N) is 2. The lowest BCUT2D eigenvalue weighted by molar-refractivity contribution is -0.154. The lowest BCUT2D eigenvalue weighted by Gasteiger charge is -2.17. The Labute approximate surface area is 154 Å². The van der Waals surface area contributed by atoms with Gasteiger partial charge in [0, 0.05) is 12.7 Å². The van der Waals surface area contributed by atoms with Crippen LogP contribution in [-0.2, 0) is 19.1 Å². The van der Waals surface area contributed by atoms with Gasteiger partial charge in [-0.15, -0.1) is 0 Å². The van der Waals surface area contributed by atoms with Crippen molar-refractivity contribution in [3.8, 4) is 5.75 Å². The molecule has 1 heterocycles. The van der Waals surface area contributed by atoms with E-state index in [1.54, 1.807) is 12.1 Å². The Hall–Kier alpha value is -2.81. The van der Waals surface area contributed by atoms with Crippen LogP contribution >= 0.6 is 11.6 Å². The van der Waals surface area contributed by atoms with E-state index in [0.717, 1.165) is 4.90 Å². The van der Waals surface area contributed by atoms with Gasteiger partial charge >= 0.3 is 12.0 Å². The quantitative estimate of drug-likeness (QED) is 0.582. The number of amides is 4. The molecule has 0 bridgehead atoms. The van der Waals surface area contributed by atoms with Crippen molar-refractivity contribution in [2.45, 2.75) is 13.0 Å². The number of methoxy groups -OCH3 is 1. The third-order valence-electron chi connectivity index (χ3n) is 3.61. The molecule has 2 rings (SSSR count). The Morgan fingerprint density at radius 2 is 2.04 bits per heavy atom. The fourth-order valence-corrected chi connectivity index (χ4v) is 2.49. The third kappa shape index (κ3) is 4.42. The molecule has 1 aliphatic heterocycles. The first-order valence-electron chi connectivity index (χ1n) is 7.62. The van der Waals surface area contributed by atoms with Crippen LogP contribution in [0.3, 0.4) is 0 Å². The van der Waals surface area contributed by atoms with Crippen molar-refractivity contribution < 1.29 is 28.7 Å². The van der Waals surface area contributed by atoms with Gasteiger partial charge in [0.15, 0.2) is 6.10 Å². The SMILES string of the molecule is COc1ccc(NC(=O)[C@H](C)OC(=O)CN2C(=O)CN(C)C2=O)cc1Cl. The summed E-state index contributed by atoms with van der Waals surface area (Å²) in [6.45, 7) is 0.729. The maximum Gasteiger partial charge on any atom is 0.327 e. The monoisotopic (exact) mass is 383 g/mol. The van der Waals surface area contributed by atoms with E-state index in [9.17, 15) is 19.2 Å². The maximum absolute atomic E-state index is 12.1. The van der Waals surface area contributed by atoms with E-state index in [4.69, 9.17) is 21.1 Å². The Balaban J connectivity index is 1.90. The van der Waals surface area contributed by atoms with Crippen molar-refractivity contribution in [1.82, 2.24) is 9.80 Å². The van der Waals surface area contributed by atoms with Crippen LogP contribution in [0.2, 0.25) is 5.02 Å². The highest BCUT2D eigenvalue weighted by Crippen LogP contribution is 2.27. The summed E-state index contributed by atoms with van der Waals surface area (Å²) in [5, 5.41) is 2.86. The van der Waals surface area contributed by atoms with E-state index in [0.29, 0.717) is 16.5 Å². The predicted octanol–water partition coefficient (Wildman–Crippen LogP) is 1.11. The van der Waals surface area contributed by atoms with Gasteiger partial charge in [-0.25, -0.2) is 4.79 Å². The number of carbonyl (C=O) groups is 4. The number of urea groups is 1. The highest BCUT2D eigenvalue weighted by atomic mass is 35.5. The molecule has 1 atom stereocenters. The number of ether oxygens (including phenoxy) is 2. The molecule has 140 valence electrons. The van der Waals surface area contributed by atoms with Crippen LogP contribution in [0.25, 0.3) is 0 Å². The van der Waals surface area contributed by atoms with Gasteiger partial charge in [0.05, 0.1) is 12.1 Å². The highest BCUT2D eigenvalue weighted by Gasteiger charge is 2.35. The summed E-state index contributed by atoms with van der Waals surface area (Å²) in [5.41, 5.74) is 0.398. The van der Waals surface area contributed by atoms with E-state index in [2.05, 4.69) is 5.32 Å². The minimum absolute atomic E-state index is 0.0968. The first kappa shape index (κ1) is 19.5. The number of likely N-dealkylation sites (N-methyl/N-ethyl adjacent to an activating group) is 1. The van der Waals surface area contributed by atoms with Crippen LogP contribution < -0.4 is 10.1 Å². The van der Waals surface area contributed by atoms with E-state index < -0.39 is 36.5 Å². The van der Waals surface area contributed by atoms with Crippen LogP contribution in [0.4, 0.5) is 10.5 Å². The second-order valence-electron chi connectivity index (χ2n) is 5.59. The van der Waals surface area contributed by atoms with Crippen LogP contribution in [0.1, 0.15) is 6.92 Å². The fraction of sp³-hybridized carbons (Fsp3) is 0.375. The molecule has 1 aromatic rings. The maximum atomic E-state index is 12.1. The Morgan fingerprint density at radius 3 is 2.58 bits per heavy atom. The molecule has 1 saturated heterocycles. The molecule has 1 aromatic carbocycles. The highest BCUT2D eigenvalue weighted by molar-refractivity contribution is 6.32. The fourth-order valence-electron chi connectivity index (χ4n) is 2.23. The van der Waals surface area contributed by atoms with E-state index >= 15 is 0 Å². The average Bonchev–Trinajstić information content (AvgIpc) is 2.81. The Kier molecular flexibility index (Phi) is 6.04. The second-order valence-corrected chi connectivity index (χ2v) is 6.00. The van der Waals surface area contributed by atoms with Gasteiger partial charge in [0.2, 0.25) is 0 Å². The molecule has 1 N–H and O–H groups in total. The van der Waals surface area contributed by atoms with Crippen molar-refractivity contribution in [1.29, 1.82) is 0 Å². The number of benzene rings is 1. The van der Waals surface area contributed by atoms with Crippen LogP contribution in [0.15, 0.2) is 18.2 Å². The van der Waals surface area contributed by atoms with E-state index in [1.807, 2.05) is 0 Å². The Morgan fingerprint density at radius 1 is 1.35 bits per heavy atom. The molecule has 1 fully saturated rings. The Bertz CT molecular complexity index is 754. The number of hydrogen-bond acceptors (Lipinski definition) is 6. The van der Waals surface area contributed by atoms with E-state index in [1.165, 1.54) is 32.0 Å². The summed E-state index contributed by atoms with van der Waals surface area (Å²) in [7, 11) is 2.91. The number of esters is 1. The lowest BCUT2D eigenvalue weighted by Crippen LogP contribution is -2.39. The molecule has 1 aliphatic rings. The molecule has 0 saturated carbocycles. The lowest BCUT2D eigenvalue weighted by atomic mass is 10.3. The van der Waals surface area contributed by atoms with Gasteiger partial charge in [-0.2, -0.15) is 0 Å². The largest absolute Gasteiger partial charge is 0.495 e. The predicted molar refractivity (Wildman–Crippen MR) is 91.9 cm³/mol. The average molecular weight is 384 g/mol. The summed E-state index contributed by atoms with van der Waals surface area (Å²) in [6, 6.07) is 4.06. The van der Waals surface area contributed by atoms with Gasteiger partial charge in [0.25, 0.3) is 11.8 Å². The van der Waals surface area contributed by atoms with Crippen LogP contribution in [0.5, 0.6) is 5.75 Å². The van der Waals surface area contributed by atoms with E-state index in [-0.39, 0.29) is 6.54 Å². The summed E-state index contributed by atoms with van der Waals surface area (Å²) in [6.07, 6.45) is -1.13. The summed E-state index contributed by atoms with van der Waals surface area (Å²) in [5.74, 6) is -1.50. The van der Waals surface area contributed by atoms with Gasteiger partial charge < -0.3 is 19.7 Å². The van der Waals surface area contributed by atoms with Crippen LogP contribution in [0, 0.1) is 0 Å². The zero-order valence-corrected chi connectivity index (χ0v) is 15.2. The van der Waals surface area contributed by atoms with Crippen LogP contribution in [-0.4, -0.2) is 67.0 Å². The van der Waals surface area contributed by atoms with Gasteiger partial charge in [-0.1, -0.05) is 11.6 Å². The minimum Gasteiger partial charge on any atom is -0.495 e. The van der Waals surface area contributed by atoms with Gasteiger partial charge in [-0.05, 0) is 25.1 Å². The van der Waals surface area contributed by atoms with Gasteiger partial charge in [0.1, 0.15) is 18.8 Å². The molecule has 0 spiro atoms. The van der Waals surface area contributed by atoms with Crippen molar-refractivity contribution in [3.63, 3.8) is 0 Å². The molecule has 9 nitrogen and oxygen atoms in total. The number of anilines is 1. The van der Waals surface area contributed by atoms with Crippen molar-refractivity contribution >= 4 is 41.1 Å². The molecule has 4 amide bonds. The van der Waals surface area contributed by atoms with Crippen molar-refractivity contribution in [2.75, 3.05) is 32.6 Å². The molecule has 0 unspecified atom stereocenters. The summed E-state index contributed by atoms with van der Waals surface area (Å²) < 4.78 is 10.00. The summed E-state index contributed by atoms with van der Waals surface area (Å²) in [4.78, 5) is 49.3. The van der Waals surface area contributed by atoms with Gasteiger partial charge in [-0.3, -0.25) is 19.3 Å². The number of carbonyl (C=O) groups excluding carboxylic acids is 4. The molecule has 0 aromatic heterocycles. The number of halogens is 1. The third-order valence-corrected chi connectivity index (χ3v) is 3.91. The smallest absolute Gasteiger partial charge is 0.327 e. The second kappa shape index (κ2) is 8.05. The first-order chi connectivity index (χ1) is 12.2. The first-order valence-corrected chi connectivity index (χ1v) is 8.00. The number of nitrogens with one attached hydrogen (secondary N) is 1. The molecule has 10 heteroatoms. The zero-order chi connectivity index (χ0) is 19.4. The van der Waals surface area contributed by atoms with Crippen molar-refractivity contribution in [2.24, 2.45) is 0 Å². The standard InChI is InChI=1S/C16H18ClN3O6/c1-9(15(23)18-10-4-5-12(25-3)11(17)6-10)26-14(22)8-20-13(21)7-19(2)16(20)24/h4-6,9H,7-8H2,1-3H3,(H,18,23)/t9-/m0/s1. The molecule has 0 radical (unpaired) electrons. The van der Waals surface area contributed by atoms with Crippen molar-refractivity contribution in [3.05, 3.63) is 23.2 Å². The zero-order valence-electron chi connectivity index (χ0n) is 14.4.